The SMILES string of the molecule is CCC1CC1NS(=O)(=O)c1ccc(C#CCN)c(C)c1. The molecule has 1 aliphatic rings. The highest BCUT2D eigenvalue weighted by Gasteiger charge is 2.38. The van der Waals surface area contributed by atoms with Gasteiger partial charge in [-0.05, 0) is 43.0 Å². The van der Waals surface area contributed by atoms with E-state index in [9.17, 15) is 8.42 Å². The number of hydrogen-bond donors (Lipinski definition) is 2. The molecule has 1 saturated carbocycles. The normalized spacial score (nSPS) is 21.1. The molecule has 0 amide bonds. The number of benzene rings is 1. The number of rotatable bonds is 4. The van der Waals surface area contributed by atoms with E-state index in [1.54, 1.807) is 18.2 Å². The monoisotopic (exact) mass is 292 g/mol. The van der Waals surface area contributed by atoms with E-state index in [2.05, 4.69) is 23.5 Å². The summed E-state index contributed by atoms with van der Waals surface area (Å²) in [6, 6.07) is 5.09. The predicted octanol–water partition coefficient (Wildman–Crippen LogP) is 1.38. The molecule has 1 fully saturated rings. The summed E-state index contributed by atoms with van der Waals surface area (Å²) in [5, 5.41) is 0. The second-order valence-electron chi connectivity index (χ2n) is 5.11. The fourth-order valence-corrected chi connectivity index (χ4v) is 3.60. The first kappa shape index (κ1) is 15.0. The van der Waals surface area contributed by atoms with Crippen LogP contribution in [0.3, 0.4) is 0 Å². The van der Waals surface area contributed by atoms with Crippen LogP contribution in [0.5, 0.6) is 0 Å². The smallest absolute Gasteiger partial charge is 0.240 e. The second-order valence-corrected chi connectivity index (χ2v) is 6.83. The molecule has 0 aromatic heterocycles. The van der Waals surface area contributed by atoms with Gasteiger partial charge in [-0.3, -0.25) is 0 Å². The zero-order chi connectivity index (χ0) is 14.8. The Hall–Kier alpha value is -1.35. The molecule has 0 spiro atoms. The van der Waals surface area contributed by atoms with Gasteiger partial charge in [0, 0.05) is 11.6 Å². The second kappa shape index (κ2) is 5.96. The minimum Gasteiger partial charge on any atom is -0.320 e. The Balaban J connectivity index is 2.18. The molecule has 0 saturated heterocycles. The van der Waals surface area contributed by atoms with E-state index >= 15 is 0 Å². The molecule has 1 aliphatic carbocycles. The van der Waals surface area contributed by atoms with Crippen molar-refractivity contribution in [1.82, 2.24) is 4.72 Å². The Morgan fingerprint density at radius 2 is 2.20 bits per heavy atom. The molecule has 0 heterocycles. The third-order valence-corrected chi connectivity index (χ3v) is 5.07. The van der Waals surface area contributed by atoms with Crippen molar-refractivity contribution in [2.24, 2.45) is 11.7 Å². The van der Waals surface area contributed by atoms with Crippen molar-refractivity contribution < 1.29 is 8.42 Å². The van der Waals surface area contributed by atoms with Crippen LogP contribution in [-0.2, 0) is 10.0 Å². The largest absolute Gasteiger partial charge is 0.320 e. The van der Waals surface area contributed by atoms with Crippen molar-refractivity contribution in [3.63, 3.8) is 0 Å². The molecule has 3 N–H and O–H groups in total. The van der Waals surface area contributed by atoms with Crippen molar-refractivity contribution in [3.05, 3.63) is 29.3 Å². The number of hydrogen-bond acceptors (Lipinski definition) is 3. The van der Waals surface area contributed by atoms with Gasteiger partial charge in [0.05, 0.1) is 11.4 Å². The first-order chi connectivity index (χ1) is 9.47. The minimum atomic E-state index is -3.42. The number of nitrogens with two attached hydrogens (primary N) is 1. The van der Waals surface area contributed by atoms with Crippen molar-refractivity contribution in [1.29, 1.82) is 0 Å². The van der Waals surface area contributed by atoms with Crippen LogP contribution in [0.15, 0.2) is 23.1 Å². The summed E-state index contributed by atoms with van der Waals surface area (Å²) in [6.45, 7) is 4.22. The summed E-state index contributed by atoms with van der Waals surface area (Å²) in [5.74, 6) is 6.19. The van der Waals surface area contributed by atoms with Gasteiger partial charge in [-0.25, -0.2) is 13.1 Å². The molecule has 20 heavy (non-hydrogen) atoms. The molecule has 2 atom stereocenters. The van der Waals surface area contributed by atoms with E-state index < -0.39 is 10.0 Å². The predicted molar refractivity (Wildman–Crippen MR) is 79.6 cm³/mol. The summed E-state index contributed by atoms with van der Waals surface area (Å²) in [5.41, 5.74) is 6.99. The van der Waals surface area contributed by atoms with Gasteiger partial charge in [0.15, 0.2) is 0 Å². The van der Waals surface area contributed by atoms with Gasteiger partial charge in [-0.2, -0.15) is 0 Å². The van der Waals surface area contributed by atoms with Gasteiger partial charge in [0.1, 0.15) is 0 Å². The van der Waals surface area contributed by atoms with Gasteiger partial charge in [0.25, 0.3) is 0 Å². The molecule has 4 nitrogen and oxygen atoms in total. The lowest BCUT2D eigenvalue weighted by Gasteiger charge is -2.08. The summed E-state index contributed by atoms with van der Waals surface area (Å²) in [7, 11) is -3.42. The zero-order valence-electron chi connectivity index (χ0n) is 11.8. The highest BCUT2D eigenvalue weighted by atomic mass is 32.2. The number of sulfonamides is 1. The lowest BCUT2D eigenvalue weighted by atomic mass is 10.1. The van der Waals surface area contributed by atoms with E-state index in [1.807, 2.05) is 6.92 Å². The lowest BCUT2D eigenvalue weighted by Crippen LogP contribution is -2.27. The van der Waals surface area contributed by atoms with E-state index in [0.717, 1.165) is 24.0 Å². The van der Waals surface area contributed by atoms with Gasteiger partial charge >= 0.3 is 0 Å². The van der Waals surface area contributed by atoms with Crippen LogP contribution in [0.1, 0.15) is 30.9 Å². The summed E-state index contributed by atoms with van der Waals surface area (Å²) in [6.07, 6.45) is 1.95. The highest BCUT2D eigenvalue weighted by Crippen LogP contribution is 2.34. The molecule has 1 aromatic rings. The maximum absolute atomic E-state index is 12.3. The molecule has 108 valence electrons. The summed E-state index contributed by atoms with van der Waals surface area (Å²) >= 11 is 0. The molecule has 2 unspecified atom stereocenters. The summed E-state index contributed by atoms with van der Waals surface area (Å²) in [4.78, 5) is 0.301. The molecule has 0 aliphatic heterocycles. The Morgan fingerprint density at radius 1 is 1.45 bits per heavy atom. The molecule has 0 radical (unpaired) electrons. The van der Waals surface area contributed by atoms with Crippen molar-refractivity contribution >= 4 is 10.0 Å². The Morgan fingerprint density at radius 3 is 2.75 bits per heavy atom. The van der Waals surface area contributed by atoms with Crippen LogP contribution >= 0.6 is 0 Å². The van der Waals surface area contributed by atoms with Crippen LogP contribution in [0.25, 0.3) is 0 Å². The van der Waals surface area contributed by atoms with Crippen LogP contribution in [0.2, 0.25) is 0 Å². The third kappa shape index (κ3) is 3.40. The lowest BCUT2D eigenvalue weighted by molar-refractivity contribution is 0.576. The third-order valence-electron chi connectivity index (χ3n) is 3.59. The first-order valence-electron chi connectivity index (χ1n) is 6.80. The van der Waals surface area contributed by atoms with Gasteiger partial charge < -0.3 is 5.73 Å². The highest BCUT2D eigenvalue weighted by molar-refractivity contribution is 7.89. The van der Waals surface area contributed by atoms with Crippen molar-refractivity contribution in [2.75, 3.05) is 6.54 Å². The standard InChI is InChI=1S/C15H20N2O2S/c1-3-12-10-15(12)17-20(18,19)14-7-6-13(5-4-8-16)11(2)9-14/h6-7,9,12,15,17H,3,8,10,16H2,1-2H3. The van der Waals surface area contributed by atoms with Gasteiger partial charge in [-0.1, -0.05) is 25.2 Å². The average molecular weight is 292 g/mol. The fourth-order valence-electron chi connectivity index (χ4n) is 2.20. The fraction of sp³-hybridized carbons (Fsp3) is 0.467. The maximum Gasteiger partial charge on any atom is 0.240 e. The molecule has 2 rings (SSSR count). The molecule has 5 heteroatoms. The van der Waals surface area contributed by atoms with Crippen LogP contribution < -0.4 is 10.5 Å². The van der Waals surface area contributed by atoms with E-state index in [1.165, 1.54) is 0 Å². The maximum atomic E-state index is 12.3. The Kier molecular flexibility index (Phi) is 4.48. The average Bonchev–Trinajstić information content (AvgIpc) is 3.14. The van der Waals surface area contributed by atoms with E-state index in [-0.39, 0.29) is 6.04 Å². The number of aryl methyl sites for hydroxylation is 1. The number of nitrogens with one attached hydrogen (secondary N) is 1. The quantitative estimate of drug-likeness (QED) is 0.824. The topological polar surface area (TPSA) is 72.2 Å². The van der Waals surface area contributed by atoms with E-state index in [4.69, 9.17) is 5.73 Å². The first-order valence-corrected chi connectivity index (χ1v) is 8.28. The van der Waals surface area contributed by atoms with Crippen molar-refractivity contribution in [2.45, 2.75) is 37.6 Å². The molecule has 1 aromatic carbocycles. The Bertz CT molecular complexity index is 656. The van der Waals surface area contributed by atoms with Crippen LogP contribution in [-0.4, -0.2) is 21.0 Å². The Labute approximate surface area is 120 Å². The summed E-state index contributed by atoms with van der Waals surface area (Å²) < 4.78 is 27.3. The molecular weight excluding hydrogens is 272 g/mol. The van der Waals surface area contributed by atoms with E-state index in [0.29, 0.717) is 17.4 Å². The minimum absolute atomic E-state index is 0.0991. The zero-order valence-corrected chi connectivity index (χ0v) is 12.6. The van der Waals surface area contributed by atoms with Crippen LogP contribution in [0, 0.1) is 24.7 Å². The molecular formula is C15H20N2O2S. The van der Waals surface area contributed by atoms with Crippen LogP contribution in [0.4, 0.5) is 0 Å². The van der Waals surface area contributed by atoms with Gasteiger partial charge in [0.2, 0.25) is 10.0 Å². The van der Waals surface area contributed by atoms with Crippen molar-refractivity contribution in [3.8, 4) is 11.8 Å². The molecule has 0 bridgehead atoms. The van der Waals surface area contributed by atoms with Gasteiger partial charge in [-0.15, -0.1) is 0 Å².